The predicted octanol–water partition coefficient (Wildman–Crippen LogP) is 6.47. The van der Waals surface area contributed by atoms with E-state index in [0.717, 1.165) is 23.1 Å². The third-order valence-corrected chi connectivity index (χ3v) is 7.78. The van der Waals surface area contributed by atoms with Crippen LogP contribution in [0.5, 0.6) is 5.75 Å². The molecule has 1 amide bonds. The number of ether oxygens (including phenoxy) is 2. The van der Waals surface area contributed by atoms with E-state index < -0.39 is 23.5 Å². The van der Waals surface area contributed by atoms with Crippen molar-refractivity contribution >= 4 is 17.5 Å². The molecule has 5 rings (SSSR count). The number of carboxylic acid groups (broad SMARTS) is 1. The quantitative estimate of drug-likeness (QED) is 0.246. The molecule has 0 aliphatic carbocycles. The number of rotatable bonds is 8. The summed E-state index contributed by atoms with van der Waals surface area (Å²) in [5, 5.41) is 15.1. The van der Waals surface area contributed by atoms with Crippen molar-refractivity contribution in [3.05, 3.63) is 81.9 Å². The fourth-order valence-electron chi connectivity index (χ4n) is 5.72. The minimum Gasteiger partial charge on any atom is -0.490 e. The van der Waals surface area contributed by atoms with Crippen LogP contribution in [-0.4, -0.2) is 54.7 Å². The first kappa shape index (κ1) is 31.1. The molecule has 0 unspecified atom stereocenters. The molecule has 1 aliphatic heterocycles. The van der Waals surface area contributed by atoms with Crippen LogP contribution in [-0.2, 0) is 22.5 Å². The van der Waals surface area contributed by atoms with E-state index >= 15 is 4.39 Å². The molecule has 44 heavy (non-hydrogen) atoms. The Balaban J connectivity index is 1.76. The Morgan fingerprint density at radius 3 is 2.50 bits per heavy atom. The molecular weight excluding hydrogens is 563 g/mol. The topological polar surface area (TPSA) is 106 Å². The van der Waals surface area contributed by atoms with Gasteiger partial charge in [-0.1, -0.05) is 30.3 Å². The Hall–Kier alpha value is -4.31. The maximum atomic E-state index is 15.6. The molecule has 1 N–H and O–H groups in total. The molecule has 232 valence electrons. The number of aromatic nitrogens is 3. The highest BCUT2D eigenvalue weighted by molar-refractivity contribution is 5.94. The number of carboxylic acids is 1. The maximum Gasteiger partial charge on any atom is 0.337 e. The van der Waals surface area contributed by atoms with Crippen LogP contribution in [0.3, 0.4) is 0 Å². The molecule has 9 nitrogen and oxygen atoms in total. The molecule has 2 aromatic carbocycles. The molecular formula is C34H39FN4O5. The highest BCUT2D eigenvalue weighted by Gasteiger charge is 2.35. The summed E-state index contributed by atoms with van der Waals surface area (Å²) in [6, 6.07) is 12.5. The summed E-state index contributed by atoms with van der Waals surface area (Å²) in [4.78, 5) is 33.1. The van der Waals surface area contributed by atoms with Crippen molar-refractivity contribution in [2.75, 3.05) is 6.61 Å². The lowest BCUT2D eigenvalue weighted by atomic mass is 9.91. The van der Waals surface area contributed by atoms with Gasteiger partial charge in [-0.25, -0.2) is 18.7 Å². The molecule has 4 aromatic rings. The summed E-state index contributed by atoms with van der Waals surface area (Å²) in [7, 11) is 0. The normalized spacial score (nSPS) is 13.9. The molecule has 0 fully saturated rings. The van der Waals surface area contributed by atoms with Crippen molar-refractivity contribution in [2.24, 2.45) is 0 Å². The number of hydrogen-bond acceptors (Lipinski definition) is 6. The monoisotopic (exact) mass is 602 g/mol. The zero-order valence-corrected chi connectivity index (χ0v) is 26.3. The second kappa shape index (κ2) is 12.0. The smallest absolute Gasteiger partial charge is 0.337 e. The van der Waals surface area contributed by atoms with Gasteiger partial charge in [-0.3, -0.25) is 4.79 Å². The van der Waals surface area contributed by atoms with Gasteiger partial charge in [0.25, 0.3) is 5.91 Å². The van der Waals surface area contributed by atoms with Gasteiger partial charge in [-0.05, 0) is 78.5 Å². The van der Waals surface area contributed by atoms with Crippen LogP contribution in [0, 0.1) is 19.7 Å². The molecule has 0 radical (unpaired) electrons. The minimum atomic E-state index is -1.44. The van der Waals surface area contributed by atoms with Crippen LogP contribution in [0.4, 0.5) is 4.39 Å². The molecule has 3 heterocycles. The van der Waals surface area contributed by atoms with Gasteiger partial charge in [0.1, 0.15) is 0 Å². The average molecular weight is 603 g/mol. The fraction of sp³-hybridized carbons (Fsp3) is 0.412. The number of carbonyl (C=O) groups is 2. The van der Waals surface area contributed by atoms with Crippen LogP contribution < -0.4 is 4.74 Å². The lowest BCUT2D eigenvalue weighted by molar-refractivity contribution is -0.160. The Kier molecular flexibility index (Phi) is 8.49. The fourth-order valence-corrected chi connectivity index (χ4v) is 5.72. The van der Waals surface area contributed by atoms with Crippen molar-refractivity contribution in [3.63, 3.8) is 0 Å². The van der Waals surface area contributed by atoms with E-state index in [-0.39, 0.29) is 29.0 Å². The van der Waals surface area contributed by atoms with Crippen LogP contribution in [0.25, 0.3) is 16.9 Å². The van der Waals surface area contributed by atoms with Gasteiger partial charge in [0, 0.05) is 41.0 Å². The minimum absolute atomic E-state index is 0.134. The Morgan fingerprint density at radius 2 is 1.86 bits per heavy atom. The first-order valence-corrected chi connectivity index (χ1v) is 14.9. The summed E-state index contributed by atoms with van der Waals surface area (Å²) >= 11 is 0. The lowest BCUT2D eigenvalue weighted by Gasteiger charge is -2.28. The molecule has 2 aromatic heterocycles. The van der Waals surface area contributed by atoms with Crippen molar-refractivity contribution < 1.29 is 28.6 Å². The van der Waals surface area contributed by atoms with E-state index in [9.17, 15) is 14.7 Å². The van der Waals surface area contributed by atoms with Gasteiger partial charge >= 0.3 is 5.97 Å². The number of nitrogens with zero attached hydrogens (tertiary/aromatic N) is 4. The van der Waals surface area contributed by atoms with Gasteiger partial charge in [0.15, 0.2) is 29.0 Å². The number of carbonyl (C=O) groups excluding carboxylic acids is 1. The standard InChI is InChI=1S/C34H39FN4O5/c1-19(2)38(18-22-12-9-8-10-13-22)32(40)26-17-27-36-21(4)28(31(33(41)42)44-34(5,6)7)29(39(27)37-26)24-16-25(35)30-23(20(24)3)14-11-15-43-30/h8-10,12-13,16-17,19,31H,11,14-15,18H2,1-7H3,(H,41,42)/t31-/m0/s1. The van der Waals surface area contributed by atoms with E-state index in [1.165, 1.54) is 10.6 Å². The molecule has 1 aliphatic rings. The van der Waals surface area contributed by atoms with E-state index in [1.54, 1.807) is 38.7 Å². The maximum absolute atomic E-state index is 15.6. The number of amides is 1. The van der Waals surface area contributed by atoms with Crippen molar-refractivity contribution in [1.29, 1.82) is 0 Å². The second-order valence-corrected chi connectivity index (χ2v) is 12.5. The zero-order chi connectivity index (χ0) is 31.9. The Morgan fingerprint density at radius 1 is 1.16 bits per heavy atom. The van der Waals surface area contributed by atoms with Crippen LogP contribution in [0.2, 0.25) is 0 Å². The van der Waals surface area contributed by atoms with Gasteiger partial charge in [-0.15, -0.1) is 0 Å². The Bertz CT molecular complexity index is 1730. The van der Waals surface area contributed by atoms with Crippen molar-refractivity contribution in [3.8, 4) is 17.0 Å². The second-order valence-electron chi connectivity index (χ2n) is 12.5. The zero-order valence-electron chi connectivity index (χ0n) is 26.3. The summed E-state index contributed by atoms with van der Waals surface area (Å²) in [5.74, 6) is -1.86. The SMILES string of the molecule is Cc1nc2cc(C(=O)N(Cc3ccccc3)C(C)C)nn2c(-c2cc(F)c3c(c2C)CCCO3)c1[C@H](OC(C)(C)C)C(=O)O. The molecule has 1 atom stereocenters. The van der Waals surface area contributed by atoms with E-state index in [0.29, 0.717) is 42.2 Å². The lowest BCUT2D eigenvalue weighted by Crippen LogP contribution is -2.36. The third kappa shape index (κ3) is 6.04. The first-order chi connectivity index (χ1) is 20.8. The molecule has 0 saturated heterocycles. The van der Waals surface area contributed by atoms with Crippen LogP contribution in [0.15, 0.2) is 42.5 Å². The summed E-state index contributed by atoms with van der Waals surface area (Å²) < 4.78 is 28.8. The van der Waals surface area contributed by atoms with Gasteiger partial charge in [0.05, 0.1) is 17.9 Å². The number of aryl methyl sites for hydroxylation is 1. The van der Waals surface area contributed by atoms with Gasteiger partial charge in [0.2, 0.25) is 0 Å². The number of benzene rings is 2. The number of aliphatic carboxylic acids is 1. The summed E-state index contributed by atoms with van der Waals surface area (Å²) in [6.45, 7) is 13.5. The molecule has 0 saturated carbocycles. The number of hydrogen-bond donors (Lipinski definition) is 1. The molecule has 0 spiro atoms. The average Bonchev–Trinajstić information content (AvgIpc) is 3.39. The molecule has 0 bridgehead atoms. The highest BCUT2D eigenvalue weighted by atomic mass is 19.1. The molecule has 10 heteroatoms. The van der Waals surface area contributed by atoms with Crippen molar-refractivity contribution in [2.45, 2.75) is 85.6 Å². The van der Waals surface area contributed by atoms with Crippen LogP contribution in [0.1, 0.15) is 85.6 Å². The third-order valence-electron chi connectivity index (χ3n) is 7.78. The van der Waals surface area contributed by atoms with E-state index in [2.05, 4.69) is 0 Å². The Labute approximate surface area is 256 Å². The number of fused-ring (bicyclic) bond motifs is 2. The van der Waals surface area contributed by atoms with Crippen LogP contribution >= 0.6 is 0 Å². The largest absolute Gasteiger partial charge is 0.490 e. The van der Waals surface area contributed by atoms with Gasteiger partial charge in [-0.2, -0.15) is 5.10 Å². The first-order valence-electron chi connectivity index (χ1n) is 14.9. The van der Waals surface area contributed by atoms with E-state index in [4.69, 9.17) is 19.6 Å². The summed E-state index contributed by atoms with van der Waals surface area (Å²) in [6.07, 6.45) is -0.0992. The highest BCUT2D eigenvalue weighted by Crippen LogP contribution is 2.41. The van der Waals surface area contributed by atoms with Gasteiger partial charge < -0.3 is 19.5 Å². The van der Waals surface area contributed by atoms with Crippen molar-refractivity contribution in [1.82, 2.24) is 19.5 Å². The number of halogens is 1. The summed E-state index contributed by atoms with van der Waals surface area (Å²) in [5.41, 5.74) is 3.46. The van der Waals surface area contributed by atoms with E-state index in [1.807, 2.05) is 51.1 Å². The predicted molar refractivity (Wildman–Crippen MR) is 164 cm³/mol.